The molecule has 0 bridgehead atoms. The molecule has 0 aromatic rings. The number of ether oxygens (including phenoxy) is 2. The SMILES string of the molecule is CC(NC(=O)OC(C)(C)C)C(=S)OCCCBr. The molecule has 4 nitrogen and oxygen atoms in total. The highest BCUT2D eigenvalue weighted by Crippen LogP contribution is 2.07. The minimum absolute atomic E-state index is 0.338. The lowest BCUT2D eigenvalue weighted by Gasteiger charge is -2.22. The lowest BCUT2D eigenvalue weighted by Crippen LogP contribution is -2.41. The summed E-state index contributed by atoms with van der Waals surface area (Å²) < 4.78 is 10.4. The Morgan fingerprint density at radius 3 is 2.53 bits per heavy atom. The van der Waals surface area contributed by atoms with Crippen LogP contribution >= 0.6 is 28.1 Å². The minimum atomic E-state index is -0.512. The van der Waals surface area contributed by atoms with Crippen molar-refractivity contribution in [2.45, 2.75) is 45.8 Å². The van der Waals surface area contributed by atoms with Crippen LogP contribution in [0.5, 0.6) is 0 Å². The van der Waals surface area contributed by atoms with Crippen LogP contribution in [0.1, 0.15) is 34.1 Å². The van der Waals surface area contributed by atoms with Gasteiger partial charge in [-0.2, -0.15) is 0 Å². The molecule has 1 amide bonds. The van der Waals surface area contributed by atoms with E-state index in [0.29, 0.717) is 11.7 Å². The van der Waals surface area contributed by atoms with Crippen LogP contribution in [0.25, 0.3) is 0 Å². The van der Waals surface area contributed by atoms with Crippen molar-refractivity contribution >= 4 is 39.3 Å². The summed E-state index contributed by atoms with van der Waals surface area (Å²) in [5, 5.41) is 3.86. The van der Waals surface area contributed by atoms with Crippen LogP contribution in [0.15, 0.2) is 0 Å². The van der Waals surface area contributed by atoms with Gasteiger partial charge in [0.25, 0.3) is 0 Å². The van der Waals surface area contributed by atoms with Crippen molar-refractivity contribution in [3.8, 4) is 0 Å². The fraction of sp³-hybridized carbons (Fsp3) is 0.818. The van der Waals surface area contributed by atoms with E-state index in [0.717, 1.165) is 11.8 Å². The van der Waals surface area contributed by atoms with Crippen molar-refractivity contribution in [3.63, 3.8) is 0 Å². The molecule has 0 rings (SSSR count). The number of nitrogens with one attached hydrogen (secondary N) is 1. The standard InChI is InChI=1S/C11H20BrNO3S/c1-8(9(17)15-7-5-6-12)13-10(14)16-11(2,3)4/h8H,5-7H2,1-4H3,(H,13,14). The smallest absolute Gasteiger partial charge is 0.408 e. The summed E-state index contributed by atoms with van der Waals surface area (Å²) in [6, 6.07) is -0.338. The Labute approximate surface area is 117 Å². The first-order chi connectivity index (χ1) is 7.76. The number of carbonyl (C=O) groups is 1. The number of thiocarbonyl (C=S) groups is 1. The molecule has 6 heteroatoms. The monoisotopic (exact) mass is 325 g/mol. The van der Waals surface area contributed by atoms with Gasteiger partial charge in [-0.05, 0) is 46.3 Å². The van der Waals surface area contributed by atoms with E-state index in [4.69, 9.17) is 21.7 Å². The number of halogens is 1. The molecule has 1 atom stereocenters. The summed E-state index contributed by atoms with van der Waals surface area (Å²) in [7, 11) is 0. The maximum atomic E-state index is 11.4. The number of hydrogen-bond donors (Lipinski definition) is 1. The third-order valence-corrected chi connectivity index (χ3v) is 2.64. The number of alkyl halides is 1. The van der Waals surface area contributed by atoms with Crippen LogP contribution in [-0.2, 0) is 9.47 Å². The van der Waals surface area contributed by atoms with Gasteiger partial charge in [0, 0.05) is 5.33 Å². The fourth-order valence-electron chi connectivity index (χ4n) is 0.896. The second-order valence-electron chi connectivity index (χ2n) is 4.58. The zero-order chi connectivity index (χ0) is 13.5. The molecule has 0 saturated heterocycles. The fourth-order valence-corrected chi connectivity index (χ4v) is 1.27. The zero-order valence-corrected chi connectivity index (χ0v) is 13.1. The highest BCUT2D eigenvalue weighted by atomic mass is 79.9. The van der Waals surface area contributed by atoms with Crippen LogP contribution in [0.2, 0.25) is 0 Å². The van der Waals surface area contributed by atoms with Crippen LogP contribution in [0.4, 0.5) is 4.79 Å². The highest BCUT2D eigenvalue weighted by molar-refractivity contribution is 9.09. The second-order valence-corrected chi connectivity index (χ2v) is 5.77. The van der Waals surface area contributed by atoms with Gasteiger partial charge in [-0.25, -0.2) is 4.79 Å². The molecule has 0 aromatic carbocycles. The van der Waals surface area contributed by atoms with Gasteiger partial charge in [-0.15, -0.1) is 0 Å². The molecule has 17 heavy (non-hydrogen) atoms. The molecule has 0 saturated carbocycles. The van der Waals surface area contributed by atoms with Gasteiger partial charge in [0.05, 0.1) is 12.6 Å². The van der Waals surface area contributed by atoms with Gasteiger partial charge < -0.3 is 14.8 Å². The Morgan fingerprint density at radius 2 is 2.06 bits per heavy atom. The maximum absolute atomic E-state index is 11.4. The maximum Gasteiger partial charge on any atom is 0.408 e. The number of carbonyl (C=O) groups excluding carboxylic acids is 1. The predicted molar refractivity (Wildman–Crippen MR) is 75.8 cm³/mol. The Bertz CT molecular complexity index is 266. The van der Waals surface area contributed by atoms with E-state index < -0.39 is 11.7 Å². The molecular formula is C11H20BrNO3S. The molecule has 0 aromatic heterocycles. The molecule has 0 aliphatic heterocycles. The van der Waals surface area contributed by atoms with Crippen molar-refractivity contribution in [3.05, 3.63) is 0 Å². The Balaban J connectivity index is 3.95. The van der Waals surface area contributed by atoms with E-state index in [-0.39, 0.29) is 6.04 Å². The predicted octanol–water partition coefficient (Wildman–Crippen LogP) is 3.03. The number of alkyl carbamates (subject to hydrolysis) is 1. The van der Waals surface area contributed by atoms with E-state index in [1.54, 1.807) is 6.92 Å². The van der Waals surface area contributed by atoms with Crippen molar-refractivity contribution in [2.75, 3.05) is 11.9 Å². The normalized spacial score (nSPS) is 12.8. The van der Waals surface area contributed by atoms with E-state index >= 15 is 0 Å². The Kier molecular flexibility index (Phi) is 7.70. The van der Waals surface area contributed by atoms with Gasteiger partial charge in [0.1, 0.15) is 5.60 Å². The van der Waals surface area contributed by atoms with Crippen LogP contribution < -0.4 is 5.32 Å². The summed E-state index contributed by atoms with van der Waals surface area (Å²) in [4.78, 5) is 11.4. The van der Waals surface area contributed by atoms with E-state index in [1.807, 2.05) is 20.8 Å². The number of hydrogen-bond acceptors (Lipinski definition) is 4. The van der Waals surface area contributed by atoms with Gasteiger partial charge in [-0.3, -0.25) is 0 Å². The van der Waals surface area contributed by atoms with Crippen LogP contribution in [0, 0.1) is 0 Å². The summed E-state index contributed by atoms with van der Waals surface area (Å²) in [6.45, 7) is 7.73. The largest absolute Gasteiger partial charge is 0.485 e. The third-order valence-electron chi connectivity index (χ3n) is 1.61. The molecule has 1 N–H and O–H groups in total. The summed E-state index contributed by atoms with van der Waals surface area (Å²) in [6.07, 6.45) is 0.385. The quantitative estimate of drug-likeness (QED) is 0.479. The molecule has 0 aliphatic carbocycles. The molecular weight excluding hydrogens is 306 g/mol. The molecule has 100 valence electrons. The summed E-state index contributed by atoms with van der Waals surface area (Å²) >= 11 is 8.34. The lowest BCUT2D eigenvalue weighted by molar-refractivity contribution is 0.0517. The first-order valence-corrected chi connectivity index (χ1v) is 7.01. The molecule has 0 aliphatic rings. The topological polar surface area (TPSA) is 47.6 Å². The number of rotatable bonds is 5. The van der Waals surface area contributed by atoms with Crippen LogP contribution in [0.3, 0.4) is 0 Å². The van der Waals surface area contributed by atoms with Gasteiger partial charge >= 0.3 is 6.09 Å². The minimum Gasteiger partial charge on any atom is -0.485 e. The average molecular weight is 326 g/mol. The third kappa shape index (κ3) is 9.35. The van der Waals surface area contributed by atoms with Gasteiger partial charge in [0.15, 0.2) is 5.05 Å². The van der Waals surface area contributed by atoms with E-state index in [2.05, 4.69) is 21.2 Å². The zero-order valence-electron chi connectivity index (χ0n) is 10.7. The molecule has 0 radical (unpaired) electrons. The van der Waals surface area contributed by atoms with Crippen molar-refractivity contribution in [1.82, 2.24) is 5.32 Å². The Hall–Kier alpha value is -0.360. The lowest BCUT2D eigenvalue weighted by atomic mass is 10.2. The average Bonchev–Trinajstić information content (AvgIpc) is 2.14. The summed E-state index contributed by atoms with van der Waals surface area (Å²) in [5.74, 6) is 0. The summed E-state index contributed by atoms with van der Waals surface area (Å²) in [5.41, 5.74) is -0.512. The van der Waals surface area contributed by atoms with E-state index in [1.165, 1.54) is 0 Å². The van der Waals surface area contributed by atoms with Gasteiger partial charge in [-0.1, -0.05) is 15.9 Å². The van der Waals surface area contributed by atoms with Crippen molar-refractivity contribution < 1.29 is 14.3 Å². The Morgan fingerprint density at radius 1 is 1.47 bits per heavy atom. The van der Waals surface area contributed by atoms with Gasteiger partial charge in [0.2, 0.25) is 0 Å². The first kappa shape index (κ1) is 16.6. The molecule has 0 fully saturated rings. The van der Waals surface area contributed by atoms with Crippen molar-refractivity contribution in [1.29, 1.82) is 0 Å². The molecule has 0 heterocycles. The second kappa shape index (κ2) is 7.87. The highest BCUT2D eigenvalue weighted by Gasteiger charge is 2.19. The molecule has 0 spiro atoms. The molecule has 1 unspecified atom stereocenters. The van der Waals surface area contributed by atoms with E-state index in [9.17, 15) is 4.79 Å². The first-order valence-electron chi connectivity index (χ1n) is 5.48. The number of amides is 1. The van der Waals surface area contributed by atoms with Crippen LogP contribution in [-0.4, -0.2) is 34.7 Å². The van der Waals surface area contributed by atoms with Crippen molar-refractivity contribution in [2.24, 2.45) is 0 Å².